The third kappa shape index (κ3) is 3.17. The molecule has 1 aliphatic heterocycles. The number of pyridine rings is 1. The number of rotatable bonds is 4. The Labute approximate surface area is 102 Å². The number of aliphatic hydroxyl groups excluding tert-OH is 1. The van der Waals surface area contributed by atoms with Gasteiger partial charge in [0.2, 0.25) is 0 Å². The highest BCUT2D eigenvalue weighted by atomic mass is 16.5. The lowest BCUT2D eigenvalue weighted by molar-refractivity contribution is 0.0159. The highest BCUT2D eigenvalue weighted by Gasteiger charge is 2.20. The summed E-state index contributed by atoms with van der Waals surface area (Å²) in [6.07, 6.45) is 6.12. The molecule has 0 saturated carbocycles. The molecule has 2 rings (SSSR count). The SMILES string of the molecule is Cc1cnccc1N1CCC(OCCO)CC1. The number of aryl methyl sites for hydroxylation is 1. The highest BCUT2D eigenvalue weighted by molar-refractivity contribution is 5.51. The van der Waals surface area contributed by atoms with Crippen LogP contribution < -0.4 is 4.90 Å². The van der Waals surface area contributed by atoms with Crippen LogP contribution in [0.3, 0.4) is 0 Å². The van der Waals surface area contributed by atoms with Gasteiger partial charge in [-0.1, -0.05) is 0 Å². The van der Waals surface area contributed by atoms with E-state index >= 15 is 0 Å². The quantitative estimate of drug-likeness (QED) is 0.857. The van der Waals surface area contributed by atoms with Gasteiger partial charge in [-0.3, -0.25) is 4.98 Å². The largest absolute Gasteiger partial charge is 0.394 e. The van der Waals surface area contributed by atoms with Crippen molar-refractivity contribution in [3.63, 3.8) is 0 Å². The van der Waals surface area contributed by atoms with E-state index in [1.54, 1.807) is 0 Å². The van der Waals surface area contributed by atoms with E-state index in [1.165, 1.54) is 11.3 Å². The van der Waals surface area contributed by atoms with Gasteiger partial charge in [0.15, 0.2) is 0 Å². The molecular weight excluding hydrogens is 216 g/mol. The number of hydrogen-bond donors (Lipinski definition) is 1. The van der Waals surface area contributed by atoms with Crippen molar-refractivity contribution >= 4 is 5.69 Å². The second-order valence-corrected chi connectivity index (χ2v) is 4.44. The van der Waals surface area contributed by atoms with Crippen LogP contribution in [0.5, 0.6) is 0 Å². The van der Waals surface area contributed by atoms with E-state index in [4.69, 9.17) is 9.84 Å². The van der Waals surface area contributed by atoms with Gasteiger partial charge >= 0.3 is 0 Å². The van der Waals surface area contributed by atoms with Gasteiger partial charge in [0.25, 0.3) is 0 Å². The summed E-state index contributed by atoms with van der Waals surface area (Å²) in [5.74, 6) is 0. The van der Waals surface area contributed by atoms with Crippen molar-refractivity contribution in [2.45, 2.75) is 25.9 Å². The number of anilines is 1. The normalized spacial score (nSPS) is 17.4. The summed E-state index contributed by atoms with van der Waals surface area (Å²) in [6.45, 7) is 4.70. The number of piperidine rings is 1. The minimum Gasteiger partial charge on any atom is -0.394 e. The van der Waals surface area contributed by atoms with Crippen molar-refractivity contribution in [2.75, 3.05) is 31.2 Å². The summed E-state index contributed by atoms with van der Waals surface area (Å²) in [5.41, 5.74) is 2.50. The van der Waals surface area contributed by atoms with Gasteiger partial charge < -0.3 is 14.7 Å². The maximum atomic E-state index is 8.72. The van der Waals surface area contributed by atoms with Crippen LogP contribution in [0.4, 0.5) is 5.69 Å². The summed E-state index contributed by atoms with van der Waals surface area (Å²) in [6, 6.07) is 2.07. The van der Waals surface area contributed by atoms with E-state index in [-0.39, 0.29) is 6.61 Å². The van der Waals surface area contributed by atoms with E-state index in [2.05, 4.69) is 22.9 Å². The van der Waals surface area contributed by atoms with Crippen LogP contribution in [0.15, 0.2) is 18.5 Å². The number of ether oxygens (including phenoxy) is 1. The lowest BCUT2D eigenvalue weighted by atomic mass is 10.1. The number of aromatic nitrogens is 1. The zero-order chi connectivity index (χ0) is 12.1. The van der Waals surface area contributed by atoms with Crippen molar-refractivity contribution < 1.29 is 9.84 Å². The molecule has 4 nitrogen and oxygen atoms in total. The first-order valence-electron chi connectivity index (χ1n) is 6.19. The van der Waals surface area contributed by atoms with Crippen molar-refractivity contribution in [1.29, 1.82) is 0 Å². The third-order valence-corrected chi connectivity index (χ3v) is 3.22. The molecule has 0 aliphatic carbocycles. The van der Waals surface area contributed by atoms with E-state index < -0.39 is 0 Å². The lowest BCUT2D eigenvalue weighted by Gasteiger charge is -2.34. The molecule has 1 fully saturated rings. The summed E-state index contributed by atoms with van der Waals surface area (Å²) in [7, 11) is 0. The second-order valence-electron chi connectivity index (χ2n) is 4.44. The molecule has 4 heteroatoms. The van der Waals surface area contributed by atoms with E-state index in [0.29, 0.717) is 12.7 Å². The Morgan fingerprint density at radius 3 is 2.88 bits per heavy atom. The summed E-state index contributed by atoms with van der Waals surface area (Å²) in [5, 5.41) is 8.72. The van der Waals surface area contributed by atoms with Gasteiger partial charge in [0.05, 0.1) is 19.3 Å². The first-order valence-corrected chi connectivity index (χ1v) is 6.19. The zero-order valence-corrected chi connectivity index (χ0v) is 10.3. The molecule has 94 valence electrons. The first kappa shape index (κ1) is 12.3. The fourth-order valence-electron chi connectivity index (χ4n) is 2.30. The van der Waals surface area contributed by atoms with Gasteiger partial charge in [0, 0.05) is 31.2 Å². The summed E-state index contributed by atoms with van der Waals surface area (Å²) in [4.78, 5) is 6.50. The molecular formula is C13H20N2O2. The molecule has 0 atom stereocenters. The molecule has 2 heterocycles. The number of hydrogen-bond acceptors (Lipinski definition) is 4. The maximum absolute atomic E-state index is 8.72. The van der Waals surface area contributed by atoms with Crippen LogP contribution in [0, 0.1) is 6.92 Å². The highest BCUT2D eigenvalue weighted by Crippen LogP contribution is 2.23. The monoisotopic (exact) mass is 236 g/mol. The van der Waals surface area contributed by atoms with Crippen molar-refractivity contribution in [3.8, 4) is 0 Å². The molecule has 1 aromatic rings. The van der Waals surface area contributed by atoms with Gasteiger partial charge in [-0.2, -0.15) is 0 Å². The van der Waals surface area contributed by atoms with E-state index in [1.807, 2.05) is 12.4 Å². The molecule has 1 N–H and O–H groups in total. The number of nitrogens with zero attached hydrogens (tertiary/aromatic N) is 2. The van der Waals surface area contributed by atoms with Gasteiger partial charge in [-0.15, -0.1) is 0 Å². The van der Waals surface area contributed by atoms with Crippen LogP contribution in [0.1, 0.15) is 18.4 Å². The Kier molecular flexibility index (Phi) is 4.34. The molecule has 17 heavy (non-hydrogen) atoms. The van der Waals surface area contributed by atoms with Crippen LogP contribution in [0.2, 0.25) is 0 Å². The van der Waals surface area contributed by atoms with Gasteiger partial charge in [0.1, 0.15) is 0 Å². The first-order chi connectivity index (χ1) is 8.31. The molecule has 0 radical (unpaired) electrons. The van der Waals surface area contributed by atoms with Crippen molar-refractivity contribution in [1.82, 2.24) is 4.98 Å². The van der Waals surface area contributed by atoms with Gasteiger partial charge in [-0.25, -0.2) is 0 Å². The minimum atomic E-state index is 0.115. The molecule has 0 amide bonds. The molecule has 0 unspecified atom stereocenters. The molecule has 1 aliphatic rings. The predicted molar refractivity (Wildman–Crippen MR) is 67.2 cm³/mol. The average molecular weight is 236 g/mol. The van der Waals surface area contributed by atoms with E-state index in [0.717, 1.165) is 25.9 Å². The minimum absolute atomic E-state index is 0.115. The Bertz CT molecular complexity index is 349. The molecule has 0 spiro atoms. The van der Waals surface area contributed by atoms with Crippen molar-refractivity contribution in [2.24, 2.45) is 0 Å². The molecule has 0 bridgehead atoms. The second kappa shape index (κ2) is 5.98. The predicted octanol–water partition coefficient (Wildman–Crippen LogP) is 1.37. The molecule has 0 aromatic carbocycles. The van der Waals surface area contributed by atoms with Crippen LogP contribution >= 0.6 is 0 Å². The standard InChI is InChI=1S/C13H20N2O2/c1-11-10-14-5-2-13(11)15-6-3-12(4-7-15)17-9-8-16/h2,5,10,12,16H,3-4,6-9H2,1H3. The smallest absolute Gasteiger partial charge is 0.0701 e. The maximum Gasteiger partial charge on any atom is 0.0701 e. The van der Waals surface area contributed by atoms with Crippen molar-refractivity contribution in [3.05, 3.63) is 24.0 Å². The summed E-state index contributed by atoms with van der Waals surface area (Å²) >= 11 is 0. The van der Waals surface area contributed by atoms with Crippen LogP contribution in [0.25, 0.3) is 0 Å². The van der Waals surface area contributed by atoms with Crippen LogP contribution in [-0.4, -0.2) is 42.5 Å². The van der Waals surface area contributed by atoms with Crippen LogP contribution in [-0.2, 0) is 4.74 Å². The Hall–Kier alpha value is -1.13. The Balaban J connectivity index is 1.89. The lowest BCUT2D eigenvalue weighted by Crippen LogP contribution is -2.37. The zero-order valence-electron chi connectivity index (χ0n) is 10.3. The number of aliphatic hydroxyl groups is 1. The Morgan fingerprint density at radius 1 is 1.47 bits per heavy atom. The third-order valence-electron chi connectivity index (χ3n) is 3.22. The fourth-order valence-corrected chi connectivity index (χ4v) is 2.30. The Morgan fingerprint density at radius 2 is 2.24 bits per heavy atom. The summed E-state index contributed by atoms with van der Waals surface area (Å²) < 4.78 is 5.56. The van der Waals surface area contributed by atoms with E-state index in [9.17, 15) is 0 Å². The van der Waals surface area contributed by atoms with Gasteiger partial charge in [-0.05, 0) is 31.4 Å². The fraction of sp³-hybridized carbons (Fsp3) is 0.615. The average Bonchev–Trinajstić information content (AvgIpc) is 2.38. The molecule has 1 saturated heterocycles. The molecule has 1 aromatic heterocycles. The topological polar surface area (TPSA) is 45.6 Å².